The number of nitrogens with one attached hydrogen (secondary N) is 1. The van der Waals surface area contributed by atoms with E-state index in [1.165, 1.54) is 16.5 Å². The lowest BCUT2D eigenvalue weighted by atomic mass is 10.1. The molecule has 104 valence electrons. The van der Waals surface area contributed by atoms with Gasteiger partial charge < -0.3 is 9.88 Å². The molecule has 20 heavy (non-hydrogen) atoms. The zero-order chi connectivity index (χ0) is 14.2. The first kappa shape index (κ1) is 13.3. The molecule has 0 fully saturated rings. The average Bonchev–Trinajstić information content (AvgIpc) is 3.06. The normalized spacial score (nSPS) is 12.2. The van der Waals surface area contributed by atoms with Crippen LogP contribution in [0.25, 0.3) is 10.9 Å². The van der Waals surface area contributed by atoms with Crippen molar-refractivity contribution in [1.82, 2.24) is 14.9 Å². The highest BCUT2D eigenvalue weighted by molar-refractivity contribution is 7.09. The average molecular weight is 285 g/mol. The molecule has 2 aromatic heterocycles. The van der Waals surface area contributed by atoms with Gasteiger partial charge in [0.15, 0.2) is 0 Å². The maximum absolute atomic E-state index is 4.42. The van der Waals surface area contributed by atoms with E-state index >= 15 is 0 Å². The summed E-state index contributed by atoms with van der Waals surface area (Å²) in [7, 11) is 2.10. The molecule has 4 heteroatoms. The molecular weight excluding hydrogens is 266 g/mol. The third-order valence-electron chi connectivity index (χ3n) is 3.67. The Kier molecular flexibility index (Phi) is 3.36. The number of thiazole rings is 1. The molecule has 2 heterocycles. The molecule has 0 aliphatic rings. The van der Waals surface area contributed by atoms with Crippen molar-refractivity contribution in [2.75, 3.05) is 0 Å². The Balaban J connectivity index is 1.84. The lowest BCUT2D eigenvalue weighted by Crippen LogP contribution is -2.35. The van der Waals surface area contributed by atoms with Crippen molar-refractivity contribution in [2.45, 2.75) is 25.9 Å². The number of aromatic nitrogens is 2. The molecule has 0 atom stereocenters. The van der Waals surface area contributed by atoms with E-state index in [9.17, 15) is 0 Å². The van der Waals surface area contributed by atoms with Crippen molar-refractivity contribution in [3.8, 4) is 0 Å². The molecular formula is C16H19N3S. The highest BCUT2D eigenvalue weighted by Crippen LogP contribution is 2.25. The Bertz CT molecular complexity index is 710. The fraction of sp³-hybridized carbons (Fsp3) is 0.312. The number of benzene rings is 1. The van der Waals surface area contributed by atoms with Gasteiger partial charge in [-0.2, -0.15) is 0 Å². The van der Waals surface area contributed by atoms with E-state index in [1.54, 1.807) is 11.3 Å². The Morgan fingerprint density at radius 2 is 2.10 bits per heavy atom. The van der Waals surface area contributed by atoms with Crippen molar-refractivity contribution < 1.29 is 0 Å². The van der Waals surface area contributed by atoms with E-state index < -0.39 is 0 Å². The zero-order valence-corrected chi connectivity index (χ0v) is 12.9. The topological polar surface area (TPSA) is 29.9 Å². The number of rotatable bonds is 4. The Morgan fingerprint density at radius 1 is 1.30 bits per heavy atom. The van der Waals surface area contributed by atoms with Gasteiger partial charge in [0.25, 0.3) is 0 Å². The van der Waals surface area contributed by atoms with Crippen LogP contribution in [0.1, 0.15) is 24.4 Å². The Hall–Kier alpha value is -1.65. The van der Waals surface area contributed by atoms with Gasteiger partial charge in [0.2, 0.25) is 0 Å². The Labute approximate surface area is 123 Å². The molecule has 3 nitrogen and oxygen atoms in total. The number of aryl methyl sites for hydroxylation is 1. The lowest BCUT2D eigenvalue weighted by Gasteiger charge is -2.23. The SMILES string of the molecule is Cn1cc(CNC(C)(C)c2nccs2)c2ccccc21. The molecule has 0 amide bonds. The highest BCUT2D eigenvalue weighted by Gasteiger charge is 2.22. The number of para-hydroxylation sites is 1. The number of hydrogen-bond acceptors (Lipinski definition) is 3. The van der Waals surface area contributed by atoms with Gasteiger partial charge >= 0.3 is 0 Å². The van der Waals surface area contributed by atoms with Crippen LogP contribution < -0.4 is 5.32 Å². The predicted molar refractivity (Wildman–Crippen MR) is 84.9 cm³/mol. The minimum atomic E-state index is -0.106. The summed E-state index contributed by atoms with van der Waals surface area (Å²) in [6, 6.07) is 8.52. The third kappa shape index (κ3) is 2.37. The van der Waals surface area contributed by atoms with E-state index in [2.05, 4.69) is 66.2 Å². The number of nitrogens with zero attached hydrogens (tertiary/aromatic N) is 2. The standard InChI is InChI=1S/C16H19N3S/c1-16(2,15-17-8-9-20-15)18-10-12-11-19(3)14-7-5-4-6-13(12)14/h4-9,11,18H,10H2,1-3H3. The molecule has 1 N–H and O–H groups in total. The molecule has 0 saturated carbocycles. The van der Waals surface area contributed by atoms with E-state index in [0.29, 0.717) is 0 Å². The first-order valence-electron chi connectivity index (χ1n) is 6.76. The summed E-state index contributed by atoms with van der Waals surface area (Å²) in [4.78, 5) is 4.42. The Morgan fingerprint density at radius 3 is 2.85 bits per heavy atom. The molecule has 1 aromatic carbocycles. The predicted octanol–water partition coefficient (Wildman–Crippen LogP) is 3.66. The summed E-state index contributed by atoms with van der Waals surface area (Å²) < 4.78 is 2.18. The number of fused-ring (bicyclic) bond motifs is 1. The van der Waals surface area contributed by atoms with Gasteiger partial charge in [0.05, 0.1) is 5.54 Å². The second kappa shape index (κ2) is 5.04. The van der Waals surface area contributed by atoms with E-state index in [-0.39, 0.29) is 5.54 Å². The van der Waals surface area contributed by atoms with Crippen LogP contribution in [0, 0.1) is 0 Å². The summed E-state index contributed by atoms with van der Waals surface area (Å²) >= 11 is 1.70. The largest absolute Gasteiger partial charge is 0.350 e. The van der Waals surface area contributed by atoms with Crippen molar-refractivity contribution in [1.29, 1.82) is 0 Å². The summed E-state index contributed by atoms with van der Waals surface area (Å²) in [6.45, 7) is 5.20. The first-order valence-corrected chi connectivity index (χ1v) is 7.64. The third-order valence-corrected chi connectivity index (χ3v) is 4.76. The quantitative estimate of drug-likeness (QED) is 0.793. The number of hydrogen-bond donors (Lipinski definition) is 1. The summed E-state index contributed by atoms with van der Waals surface area (Å²) in [5, 5.41) is 8.08. The van der Waals surface area contributed by atoms with Crippen molar-refractivity contribution in [2.24, 2.45) is 7.05 Å². The van der Waals surface area contributed by atoms with E-state index in [4.69, 9.17) is 0 Å². The summed E-state index contributed by atoms with van der Waals surface area (Å²) in [6.07, 6.45) is 4.07. The highest BCUT2D eigenvalue weighted by atomic mass is 32.1. The van der Waals surface area contributed by atoms with E-state index in [1.807, 2.05) is 11.6 Å². The van der Waals surface area contributed by atoms with Crippen molar-refractivity contribution in [3.05, 3.63) is 52.6 Å². The van der Waals surface area contributed by atoms with Crippen LogP contribution in [-0.2, 0) is 19.1 Å². The van der Waals surface area contributed by atoms with Crippen LogP contribution in [0.2, 0.25) is 0 Å². The summed E-state index contributed by atoms with van der Waals surface area (Å²) in [5.41, 5.74) is 2.49. The fourth-order valence-electron chi connectivity index (χ4n) is 2.49. The fourth-order valence-corrected chi connectivity index (χ4v) is 3.23. The van der Waals surface area contributed by atoms with Crippen molar-refractivity contribution >= 4 is 22.2 Å². The van der Waals surface area contributed by atoms with Gasteiger partial charge in [-0.15, -0.1) is 11.3 Å². The van der Waals surface area contributed by atoms with Gasteiger partial charge in [-0.25, -0.2) is 4.98 Å². The van der Waals surface area contributed by atoms with Crippen LogP contribution in [0.5, 0.6) is 0 Å². The maximum atomic E-state index is 4.42. The molecule has 0 spiro atoms. The molecule has 0 saturated heterocycles. The second-order valence-electron chi connectivity index (χ2n) is 5.60. The molecule has 3 rings (SSSR count). The van der Waals surface area contributed by atoms with Crippen LogP contribution in [0.4, 0.5) is 0 Å². The van der Waals surface area contributed by atoms with E-state index in [0.717, 1.165) is 11.6 Å². The van der Waals surface area contributed by atoms with Gasteiger partial charge in [-0.3, -0.25) is 0 Å². The van der Waals surface area contributed by atoms with Crippen LogP contribution >= 0.6 is 11.3 Å². The minimum absolute atomic E-state index is 0.106. The lowest BCUT2D eigenvalue weighted by molar-refractivity contribution is 0.400. The molecule has 0 aliphatic carbocycles. The maximum Gasteiger partial charge on any atom is 0.112 e. The van der Waals surface area contributed by atoms with Gasteiger partial charge in [0.1, 0.15) is 5.01 Å². The molecule has 0 radical (unpaired) electrons. The van der Waals surface area contributed by atoms with Gasteiger partial charge in [-0.1, -0.05) is 18.2 Å². The van der Waals surface area contributed by atoms with Crippen LogP contribution in [0.15, 0.2) is 42.0 Å². The van der Waals surface area contributed by atoms with Crippen LogP contribution in [0.3, 0.4) is 0 Å². The second-order valence-corrected chi connectivity index (χ2v) is 6.49. The molecule has 0 aliphatic heterocycles. The molecule has 0 unspecified atom stereocenters. The van der Waals surface area contributed by atoms with Gasteiger partial charge in [-0.05, 0) is 25.5 Å². The smallest absolute Gasteiger partial charge is 0.112 e. The first-order chi connectivity index (χ1) is 9.58. The minimum Gasteiger partial charge on any atom is -0.350 e. The summed E-state index contributed by atoms with van der Waals surface area (Å²) in [5.74, 6) is 0. The van der Waals surface area contributed by atoms with Gasteiger partial charge in [0, 0.05) is 42.3 Å². The monoisotopic (exact) mass is 285 g/mol. The molecule has 3 aromatic rings. The van der Waals surface area contributed by atoms with Crippen LogP contribution in [-0.4, -0.2) is 9.55 Å². The molecule has 0 bridgehead atoms. The zero-order valence-electron chi connectivity index (χ0n) is 12.1. The van der Waals surface area contributed by atoms with Crippen molar-refractivity contribution in [3.63, 3.8) is 0 Å².